The summed E-state index contributed by atoms with van der Waals surface area (Å²) >= 11 is 0. The Bertz CT molecular complexity index is 2040. The summed E-state index contributed by atoms with van der Waals surface area (Å²) in [6, 6.07) is 28.2. The molecule has 2 atom stereocenters. The zero-order valence-corrected chi connectivity index (χ0v) is 33.1. The SMILES string of the molecule is CCCCCCCOc1ccc(-c2cnc(-c3ccc(C[C@H](CC(=O)c4ccc(C(C)(C)C)cc4)C(=O)NC(C(=O)O)c4cccc(OC)c4)cc3)nc2)cc1. The van der Waals surface area contributed by atoms with Crippen molar-refractivity contribution in [2.24, 2.45) is 5.92 Å². The molecular formula is C47H53N3O6. The van der Waals surface area contributed by atoms with Crippen molar-refractivity contribution in [2.45, 2.75) is 84.1 Å². The van der Waals surface area contributed by atoms with Crippen LogP contribution in [-0.2, 0) is 21.4 Å². The van der Waals surface area contributed by atoms with Gasteiger partial charge in [-0.1, -0.05) is 126 Å². The van der Waals surface area contributed by atoms with Crippen molar-refractivity contribution >= 4 is 17.7 Å². The summed E-state index contributed by atoms with van der Waals surface area (Å²) < 4.78 is 11.2. The number of aliphatic carboxylic acids is 1. The molecule has 9 nitrogen and oxygen atoms in total. The highest BCUT2D eigenvalue weighted by molar-refractivity contribution is 5.99. The van der Waals surface area contributed by atoms with Gasteiger partial charge >= 0.3 is 5.97 Å². The van der Waals surface area contributed by atoms with E-state index in [1.165, 1.54) is 32.8 Å². The van der Waals surface area contributed by atoms with Crippen molar-refractivity contribution in [1.82, 2.24) is 15.3 Å². The lowest BCUT2D eigenvalue weighted by atomic mass is 9.85. The van der Waals surface area contributed by atoms with Gasteiger partial charge in [-0.25, -0.2) is 14.8 Å². The minimum absolute atomic E-state index is 0.0794. The number of ketones is 1. The van der Waals surface area contributed by atoms with Gasteiger partial charge in [-0.05, 0) is 64.8 Å². The third-order valence-corrected chi connectivity index (χ3v) is 9.89. The number of rotatable bonds is 19. The molecule has 292 valence electrons. The number of carbonyl (C=O) groups excluding carboxylic acids is 2. The molecule has 1 heterocycles. The van der Waals surface area contributed by atoms with Crippen LogP contribution in [0.15, 0.2) is 109 Å². The summed E-state index contributed by atoms with van der Waals surface area (Å²) in [5.41, 5.74) is 5.33. The second-order valence-corrected chi connectivity index (χ2v) is 15.2. The molecular weight excluding hydrogens is 703 g/mol. The molecule has 0 radical (unpaired) electrons. The first kappa shape index (κ1) is 41.3. The fourth-order valence-electron chi connectivity index (χ4n) is 6.46. The lowest BCUT2D eigenvalue weighted by molar-refractivity contribution is -0.142. The van der Waals surface area contributed by atoms with Gasteiger partial charge in [0.2, 0.25) is 5.91 Å². The van der Waals surface area contributed by atoms with Crippen LogP contribution in [0.4, 0.5) is 0 Å². The number of hydrogen-bond acceptors (Lipinski definition) is 7. The van der Waals surface area contributed by atoms with Crippen LogP contribution >= 0.6 is 0 Å². The molecule has 1 unspecified atom stereocenters. The van der Waals surface area contributed by atoms with Gasteiger partial charge in [0.05, 0.1) is 13.7 Å². The predicted molar refractivity (Wildman–Crippen MR) is 220 cm³/mol. The molecule has 1 aromatic heterocycles. The highest BCUT2D eigenvalue weighted by Crippen LogP contribution is 2.27. The second-order valence-electron chi connectivity index (χ2n) is 15.2. The van der Waals surface area contributed by atoms with Gasteiger partial charge in [0.25, 0.3) is 0 Å². The Morgan fingerprint density at radius 1 is 0.768 bits per heavy atom. The van der Waals surface area contributed by atoms with Crippen LogP contribution in [0.2, 0.25) is 0 Å². The number of benzene rings is 4. The number of unbranched alkanes of at least 4 members (excludes halogenated alkanes) is 4. The van der Waals surface area contributed by atoms with Crippen LogP contribution < -0.4 is 14.8 Å². The first-order valence-electron chi connectivity index (χ1n) is 19.4. The number of methoxy groups -OCH3 is 1. The fourth-order valence-corrected chi connectivity index (χ4v) is 6.46. The lowest BCUT2D eigenvalue weighted by Gasteiger charge is -2.21. The number of carboxylic acids is 1. The summed E-state index contributed by atoms with van der Waals surface area (Å²) in [4.78, 5) is 49.2. The van der Waals surface area contributed by atoms with E-state index in [0.717, 1.165) is 40.0 Å². The Morgan fingerprint density at radius 2 is 1.43 bits per heavy atom. The van der Waals surface area contributed by atoms with Crippen LogP contribution in [0, 0.1) is 5.92 Å². The molecule has 0 aliphatic heterocycles. The first-order valence-corrected chi connectivity index (χ1v) is 19.4. The van der Waals surface area contributed by atoms with E-state index in [-0.39, 0.29) is 24.0 Å². The van der Waals surface area contributed by atoms with Crippen LogP contribution in [0.1, 0.15) is 99.3 Å². The van der Waals surface area contributed by atoms with E-state index in [0.29, 0.717) is 29.3 Å². The van der Waals surface area contributed by atoms with Gasteiger partial charge < -0.3 is 19.9 Å². The monoisotopic (exact) mass is 755 g/mol. The molecule has 56 heavy (non-hydrogen) atoms. The van der Waals surface area contributed by atoms with Crippen molar-refractivity contribution in [3.05, 3.63) is 132 Å². The van der Waals surface area contributed by atoms with Crippen molar-refractivity contribution in [3.63, 3.8) is 0 Å². The molecule has 1 amide bonds. The third-order valence-electron chi connectivity index (χ3n) is 9.89. The molecule has 0 saturated carbocycles. The number of aromatic nitrogens is 2. The predicted octanol–water partition coefficient (Wildman–Crippen LogP) is 9.84. The van der Waals surface area contributed by atoms with Gasteiger partial charge in [0.15, 0.2) is 17.6 Å². The Hall–Kier alpha value is -5.83. The smallest absolute Gasteiger partial charge is 0.330 e. The van der Waals surface area contributed by atoms with Crippen molar-refractivity contribution in [1.29, 1.82) is 0 Å². The molecule has 0 bridgehead atoms. The summed E-state index contributed by atoms with van der Waals surface area (Å²) in [5.74, 6) is -0.947. The molecule has 5 aromatic rings. The highest BCUT2D eigenvalue weighted by Gasteiger charge is 2.29. The summed E-state index contributed by atoms with van der Waals surface area (Å²) in [6.45, 7) is 9.23. The average molecular weight is 756 g/mol. The zero-order valence-electron chi connectivity index (χ0n) is 33.1. The van der Waals surface area contributed by atoms with Crippen LogP contribution in [-0.4, -0.2) is 46.5 Å². The standard InChI is InChI=1S/C47H53N3O6/c1-6-7-8-9-10-26-56-40-24-20-33(21-25-40)38-30-48-44(49-31-38)35-16-14-32(15-17-35)27-37(29-42(51)34-18-22-39(23-19-34)47(2,3)4)45(52)50-43(46(53)54)36-12-11-13-41(28-36)55-5/h11-25,28,30-31,37,43H,6-10,26-27,29H2,1-5H3,(H,50,52)(H,53,54)/t37-,43?/m1/s1. The van der Waals surface area contributed by atoms with Gasteiger partial charge in [-0.3, -0.25) is 9.59 Å². The first-order chi connectivity index (χ1) is 26.9. The highest BCUT2D eigenvalue weighted by atomic mass is 16.5. The molecule has 0 saturated heterocycles. The molecule has 0 fully saturated rings. The maximum atomic E-state index is 13.9. The number of amides is 1. The minimum Gasteiger partial charge on any atom is -0.497 e. The van der Waals surface area contributed by atoms with E-state index in [4.69, 9.17) is 9.47 Å². The topological polar surface area (TPSA) is 128 Å². The number of carboxylic acid groups (broad SMARTS) is 1. The Labute approximate surface area is 330 Å². The normalized spacial score (nSPS) is 12.4. The van der Waals surface area contributed by atoms with Gasteiger partial charge in [-0.2, -0.15) is 0 Å². The van der Waals surface area contributed by atoms with E-state index in [1.807, 2.05) is 60.7 Å². The molecule has 4 aromatic carbocycles. The average Bonchev–Trinajstić information content (AvgIpc) is 3.21. The van der Waals surface area contributed by atoms with Crippen molar-refractivity contribution in [2.75, 3.05) is 13.7 Å². The third kappa shape index (κ3) is 11.6. The number of nitrogens with one attached hydrogen (secondary N) is 1. The molecule has 0 aliphatic carbocycles. The summed E-state index contributed by atoms with van der Waals surface area (Å²) in [5, 5.41) is 12.8. The van der Waals surface area contributed by atoms with Crippen LogP contribution in [0.25, 0.3) is 22.5 Å². The summed E-state index contributed by atoms with van der Waals surface area (Å²) in [7, 11) is 1.49. The van der Waals surface area contributed by atoms with Gasteiger partial charge in [-0.15, -0.1) is 0 Å². The van der Waals surface area contributed by atoms with E-state index in [2.05, 4.69) is 43.0 Å². The van der Waals surface area contributed by atoms with Gasteiger partial charge in [0.1, 0.15) is 11.5 Å². The maximum absolute atomic E-state index is 13.9. The quantitative estimate of drug-likeness (QED) is 0.0630. The Kier molecular flexibility index (Phi) is 14.5. The molecule has 9 heteroatoms. The second kappa shape index (κ2) is 19.7. The number of carbonyl (C=O) groups is 3. The van der Waals surface area contributed by atoms with E-state index < -0.39 is 23.8 Å². The molecule has 0 spiro atoms. The maximum Gasteiger partial charge on any atom is 0.330 e. The molecule has 2 N–H and O–H groups in total. The Morgan fingerprint density at radius 3 is 2.05 bits per heavy atom. The number of ether oxygens (including phenoxy) is 2. The number of hydrogen-bond donors (Lipinski definition) is 2. The van der Waals surface area contributed by atoms with Gasteiger partial charge in [0, 0.05) is 41.4 Å². The van der Waals surface area contributed by atoms with Crippen molar-refractivity contribution < 1.29 is 29.0 Å². The number of nitrogens with zero attached hydrogens (tertiary/aromatic N) is 2. The largest absolute Gasteiger partial charge is 0.497 e. The van der Waals surface area contributed by atoms with Crippen molar-refractivity contribution in [3.8, 4) is 34.0 Å². The van der Waals surface area contributed by atoms with E-state index in [1.54, 1.807) is 48.8 Å². The summed E-state index contributed by atoms with van der Waals surface area (Å²) in [6.07, 6.45) is 9.67. The van der Waals surface area contributed by atoms with Crippen LogP contribution in [0.5, 0.6) is 11.5 Å². The lowest BCUT2D eigenvalue weighted by Crippen LogP contribution is -2.39. The molecule has 5 rings (SSSR count). The van der Waals surface area contributed by atoms with E-state index in [9.17, 15) is 19.5 Å². The number of Topliss-reactive ketones (excluding diaryl/α,β-unsaturated/α-hetero) is 1. The molecule has 0 aliphatic rings. The van der Waals surface area contributed by atoms with E-state index >= 15 is 0 Å². The minimum atomic E-state index is -1.33. The Balaban J connectivity index is 1.28. The fraction of sp³-hybridized carbons (Fsp3) is 0.340. The van der Waals surface area contributed by atoms with Crippen LogP contribution in [0.3, 0.4) is 0 Å². The zero-order chi connectivity index (χ0) is 40.1.